The third kappa shape index (κ3) is 3.91. The number of rotatable bonds is 5. The maximum atomic E-state index is 11.9. The van der Waals surface area contributed by atoms with Crippen molar-refractivity contribution in [3.8, 4) is 0 Å². The molecule has 0 radical (unpaired) electrons. The molecule has 1 heterocycles. The smallest absolute Gasteiger partial charge is 0.262 e. The second-order valence-corrected chi connectivity index (χ2v) is 6.22. The Bertz CT molecular complexity index is 538. The molecule has 2 nitrogen and oxygen atoms in total. The molecule has 0 spiro atoms. The van der Waals surface area contributed by atoms with Gasteiger partial charge in [0.05, 0.1) is 0 Å². The van der Waals surface area contributed by atoms with E-state index < -0.39 is 0 Å². The van der Waals surface area contributed by atoms with Gasteiger partial charge in [0.1, 0.15) is 4.88 Å². The van der Waals surface area contributed by atoms with E-state index in [4.69, 9.17) is 0 Å². The molecular weight excluding hydrogens is 322 g/mol. The minimum absolute atomic E-state index is 0.00198. The van der Waals surface area contributed by atoms with Crippen LogP contribution in [-0.4, -0.2) is 12.5 Å². The Morgan fingerprint density at radius 3 is 2.68 bits per heavy atom. The summed E-state index contributed by atoms with van der Waals surface area (Å²) >= 11 is 4.83. The van der Waals surface area contributed by atoms with Gasteiger partial charge in [-0.3, -0.25) is 4.79 Å². The number of carbonyl (C=O) groups is 1. The Hall–Kier alpha value is -1.13. The van der Waals surface area contributed by atoms with E-state index in [0.717, 1.165) is 15.8 Å². The highest BCUT2D eigenvalue weighted by molar-refractivity contribution is 9.10. The largest absolute Gasteiger partial charge is 0.351 e. The molecule has 0 aliphatic rings. The first-order chi connectivity index (χ1) is 9.18. The van der Waals surface area contributed by atoms with Gasteiger partial charge in [-0.1, -0.05) is 37.3 Å². The van der Waals surface area contributed by atoms with E-state index in [-0.39, 0.29) is 5.91 Å². The molecule has 0 fully saturated rings. The van der Waals surface area contributed by atoms with Crippen molar-refractivity contribution < 1.29 is 4.79 Å². The van der Waals surface area contributed by atoms with E-state index in [1.54, 1.807) is 0 Å². The Morgan fingerprint density at radius 1 is 1.32 bits per heavy atom. The average molecular weight is 338 g/mol. The molecule has 0 bridgehead atoms. The lowest BCUT2D eigenvalue weighted by molar-refractivity contribution is 0.0956. The lowest BCUT2D eigenvalue weighted by atomic mass is 9.98. The van der Waals surface area contributed by atoms with Crippen molar-refractivity contribution in [2.75, 3.05) is 6.54 Å². The number of thiophene rings is 1. The molecule has 0 aliphatic carbocycles. The van der Waals surface area contributed by atoms with Gasteiger partial charge >= 0.3 is 0 Å². The number of hydrogen-bond donors (Lipinski definition) is 1. The van der Waals surface area contributed by atoms with Gasteiger partial charge in [-0.2, -0.15) is 0 Å². The summed E-state index contributed by atoms with van der Waals surface area (Å²) in [5, 5.41) is 4.88. The molecule has 1 atom stereocenters. The molecule has 1 unspecified atom stereocenters. The lowest BCUT2D eigenvalue weighted by Gasteiger charge is -2.12. The van der Waals surface area contributed by atoms with E-state index in [0.29, 0.717) is 12.5 Å². The molecule has 2 rings (SSSR count). The normalized spacial score (nSPS) is 12.1. The second-order valence-electron chi connectivity index (χ2n) is 4.45. The van der Waals surface area contributed by atoms with Crippen molar-refractivity contribution in [1.82, 2.24) is 5.32 Å². The standard InChI is InChI=1S/C15H16BrNOS/c1-11(12-5-3-2-4-6-12)7-9-17-15(18)14-13(16)8-10-19-14/h2-6,8,10-11H,7,9H2,1H3,(H,17,18). The van der Waals surface area contributed by atoms with Crippen LogP contribution >= 0.6 is 27.3 Å². The van der Waals surface area contributed by atoms with Crippen molar-refractivity contribution in [2.24, 2.45) is 0 Å². The van der Waals surface area contributed by atoms with Gasteiger partial charge in [0.25, 0.3) is 5.91 Å². The van der Waals surface area contributed by atoms with E-state index in [1.807, 2.05) is 29.6 Å². The van der Waals surface area contributed by atoms with Crippen LogP contribution in [0.5, 0.6) is 0 Å². The third-order valence-corrected chi connectivity index (χ3v) is 4.89. The third-order valence-electron chi connectivity index (χ3n) is 3.05. The quantitative estimate of drug-likeness (QED) is 0.858. The van der Waals surface area contributed by atoms with Gasteiger partial charge in [0, 0.05) is 11.0 Å². The number of halogens is 1. The Kier molecular flexibility index (Phi) is 5.16. The zero-order chi connectivity index (χ0) is 13.7. The van der Waals surface area contributed by atoms with Crippen LogP contribution < -0.4 is 5.32 Å². The van der Waals surface area contributed by atoms with E-state index in [1.165, 1.54) is 16.9 Å². The van der Waals surface area contributed by atoms with Crippen LogP contribution in [0.4, 0.5) is 0 Å². The van der Waals surface area contributed by atoms with Crippen molar-refractivity contribution in [1.29, 1.82) is 0 Å². The first-order valence-electron chi connectivity index (χ1n) is 6.24. The van der Waals surface area contributed by atoms with Crippen LogP contribution in [0, 0.1) is 0 Å². The van der Waals surface area contributed by atoms with Gasteiger partial charge in [0.15, 0.2) is 0 Å². The maximum Gasteiger partial charge on any atom is 0.262 e. The molecule has 0 saturated carbocycles. The predicted molar refractivity (Wildman–Crippen MR) is 83.8 cm³/mol. The van der Waals surface area contributed by atoms with Crippen molar-refractivity contribution in [2.45, 2.75) is 19.3 Å². The minimum atomic E-state index is 0.00198. The van der Waals surface area contributed by atoms with Gasteiger partial charge in [0.2, 0.25) is 0 Å². The molecule has 2 aromatic rings. The molecule has 0 aliphatic heterocycles. The SMILES string of the molecule is CC(CCNC(=O)c1sccc1Br)c1ccccc1. The summed E-state index contributed by atoms with van der Waals surface area (Å²) < 4.78 is 0.867. The zero-order valence-electron chi connectivity index (χ0n) is 10.7. The fourth-order valence-corrected chi connectivity index (χ4v) is 3.35. The Balaban J connectivity index is 1.81. The molecule has 1 aromatic carbocycles. The van der Waals surface area contributed by atoms with Gasteiger partial charge < -0.3 is 5.32 Å². The summed E-state index contributed by atoms with van der Waals surface area (Å²) in [6, 6.07) is 12.3. The van der Waals surface area contributed by atoms with Crippen molar-refractivity contribution in [3.63, 3.8) is 0 Å². The monoisotopic (exact) mass is 337 g/mol. The van der Waals surface area contributed by atoms with E-state index >= 15 is 0 Å². The topological polar surface area (TPSA) is 29.1 Å². The number of hydrogen-bond acceptors (Lipinski definition) is 2. The number of carbonyl (C=O) groups excluding carboxylic acids is 1. The summed E-state index contributed by atoms with van der Waals surface area (Å²) in [5.41, 5.74) is 1.31. The summed E-state index contributed by atoms with van der Waals surface area (Å²) in [7, 11) is 0. The molecule has 1 amide bonds. The molecular formula is C15H16BrNOS. The summed E-state index contributed by atoms with van der Waals surface area (Å²) in [4.78, 5) is 12.7. The molecule has 0 saturated heterocycles. The van der Waals surface area contributed by atoms with Gasteiger partial charge in [-0.05, 0) is 45.3 Å². The molecule has 4 heteroatoms. The van der Waals surface area contributed by atoms with Crippen LogP contribution in [0.1, 0.15) is 34.5 Å². The fraction of sp³-hybridized carbons (Fsp3) is 0.267. The highest BCUT2D eigenvalue weighted by atomic mass is 79.9. The van der Waals surface area contributed by atoms with Crippen LogP contribution in [0.25, 0.3) is 0 Å². The van der Waals surface area contributed by atoms with Crippen LogP contribution in [0.2, 0.25) is 0 Å². The Labute approximate surface area is 126 Å². The average Bonchev–Trinajstić information content (AvgIpc) is 2.86. The molecule has 1 aromatic heterocycles. The van der Waals surface area contributed by atoms with Gasteiger partial charge in [-0.15, -0.1) is 11.3 Å². The Morgan fingerprint density at radius 2 is 2.05 bits per heavy atom. The summed E-state index contributed by atoms with van der Waals surface area (Å²) in [6.07, 6.45) is 0.943. The summed E-state index contributed by atoms with van der Waals surface area (Å²) in [5.74, 6) is 0.454. The minimum Gasteiger partial charge on any atom is -0.351 e. The highest BCUT2D eigenvalue weighted by Gasteiger charge is 2.11. The molecule has 1 N–H and O–H groups in total. The highest BCUT2D eigenvalue weighted by Crippen LogP contribution is 2.22. The van der Waals surface area contributed by atoms with E-state index in [2.05, 4.69) is 40.3 Å². The van der Waals surface area contributed by atoms with Crippen LogP contribution in [0.3, 0.4) is 0 Å². The zero-order valence-corrected chi connectivity index (χ0v) is 13.1. The first-order valence-corrected chi connectivity index (χ1v) is 7.92. The molecule has 100 valence electrons. The van der Waals surface area contributed by atoms with Crippen LogP contribution in [-0.2, 0) is 0 Å². The second kappa shape index (κ2) is 6.87. The van der Waals surface area contributed by atoms with E-state index in [9.17, 15) is 4.79 Å². The fourth-order valence-electron chi connectivity index (χ4n) is 1.89. The number of benzene rings is 1. The van der Waals surface area contributed by atoms with Crippen molar-refractivity contribution in [3.05, 3.63) is 56.7 Å². The predicted octanol–water partition coefficient (Wildman–Crippen LogP) is 4.43. The van der Waals surface area contributed by atoms with Gasteiger partial charge in [-0.25, -0.2) is 0 Å². The first kappa shape index (κ1) is 14.3. The lowest BCUT2D eigenvalue weighted by Crippen LogP contribution is -2.24. The van der Waals surface area contributed by atoms with Crippen molar-refractivity contribution >= 4 is 33.2 Å². The molecule has 19 heavy (non-hydrogen) atoms. The number of amides is 1. The number of nitrogens with one attached hydrogen (secondary N) is 1. The maximum absolute atomic E-state index is 11.9. The summed E-state index contributed by atoms with van der Waals surface area (Å²) in [6.45, 7) is 2.88. The van der Waals surface area contributed by atoms with Crippen LogP contribution in [0.15, 0.2) is 46.3 Å².